The van der Waals surface area contributed by atoms with Crippen LogP contribution in [0.5, 0.6) is 5.75 Å². The van der Waals surface area contributed by atoms with Crippen LogP contribution in [0.2, 0.25) is 0 Å². The van der Waals surface area contributed by atoms with Gasteiger partial charge in [0.2, 0.25) is 0 Å². The maximum absolute atomic E-state index is 5.89. The molecule has 0 aliphatic rings. The van der Waals surface area contributed by atoms with Gasteiger partial charge in [-0.25, -0.2) is 0 Å². The lowest BCUT2D eigenvalue weighted by molar-refractivity contribution is 0.199. The van der Waals surface area contributed by atoms with Gasteiger partial charge in [0.15, 0.2) is 0 Å². The minimum atomic E-state index is 0.619. The van der Waals surface area contributed by atoms with Crippen molar-refractivity contribution in [2.24, 2.45) is 0 Å². The SMILES string of the molecule is CC#CCCOc1c(C)cc(Br)cc1CNCCOC. The van der Waals surface area contributed by atoms with E-state index in [9.17, 15) is 0 Å². The Kier molecular flexibility index (Phi) is 8.36. The average Bonchev–Trinajstić information content (AvgIpc) is 2.41. The topological polar surface area (TPSA) is 30.5 Å². The van der Waals surface area contributed by atoms with Gasteiger partial charge in [0.05, 0.1) is 13.2 Å². The van der Waals surface area contributed by atoms with Crippen LogP contribution in [0.25, 0.3) is 0 Å². The summed E-state index contributed by atoms with van der Waals surface area (Å²) in [6.07, 6.45) is 0.753. The number of nitrogens with one attached hydrogen (secondary N) is 1. The molecule has 0 fully saturated rings. The molecular weight excluding hydrogens is 318 g/mol. The summed E-state index contributed by atoms with van der Waals surface area (Å²) in [5, 5.41) is 3.35. The third kappa shape index (κ3) is 5.96. The third-order valence-electron chi connectivity index (χ3n) is 2.76. The monoisotopic (exact) mass is 339 g/mol. The molecule has 0 saturated heterocycles. The molecule has 20 heavy (non-hydrogen) atoms. The van der Waals surface area contributed by atoms with Gasteiger partial charge in [0.1, 0.15) is 5.75 Å². The molecule has 1 aromatic carbocycles. The first kappa shape index (κ1) is 17.0. The molecule has 0 bridgehead atoms. The molecule has 4 heteroatoms. The highest BCUT2D eigenvalue weighted by Gasteiger charge is 2.08. The van der Waals surface area contributed by atoms with E-state index in [0.29, 0.717) is 13.2 Å². The van der Waals surface area contributed by atoms with Crippen LogP contribution in [0.15, 0.2) is 16.6 Å². The fraction of sp³-hybridized carbons (Fsp3) is 0.500. The number of halogens is 1. The van der Waals surface area contributed by atoms with Gasteiger partial charge >= 0.3 is 0 Å². The first-order valence-corrected chi connectivity index (χ1v) is 7.49. The van der Waals surface area contributed by atoms with Crippen molar-refractivity contribution < 1.29 is 9.47 Å². The summed E-state index contributed by atoms with van der Waals surface area (Å²) in [5.74, 6) is 6.84. The Balaban J connectivity index is 2.70. The Hall–Kier alpha value is -1.02. The van der Waals surface area contributed by atoms with E-state index in [-0.39, 0.29) is 0 Å². The van der Waals surface area contributed by atoms with Crippen molar-refractivity contribution >= 4 is 15.9 Å². The molecule has 0 heterocycles. The van der Waals surface area contributed by atoms with Crippen molar-refractivity contribution in [1.82, 2.24) is 5.32 Å². The molecule has 0 amide bonds. The molecule has 3 nitrogen and oxygen atoms in total. The van der Waals surface area contributed by atoms with Gasteiger partial charge in [-0.05, 0) is 31.5 Å². The van der Waals surface area contributed by atoms with Crippen LogP contribution in [-0.4, -0.2) is 26.9 Å². The van der Waals surface area contributed by atoms with Crippen LogP contribution in [-0.2, 0) is 11.3 Å². The van der Waals surface area contributed by atoms with E-state index < -0.39 is 0 Å². The Morgan fingerprint density at radius 1 is 1.30 bits per heavy atom. The van der Waals surface area contributed by atoms with Gasteiger partial charge in [0, 0.05) is 36.7 Å². The van der Waals surface area contributed by atoms with Gasteiger partial charge in [0.25, 0.3) is 0 Å². The third-order valence-corrected chi connectivity index (χ3v) is 3.22. The van der Waals surface area contributed by atoms with Gasteiger partial charge in [-0.3, -0.25) is 0 Å². The summed E-state index contributed by atoms with van der Waals surface area (Å²) in [4.78, 5) is 0. The number of aryl methyl sites for hydroxylation is 1. The maximum atomic E-state index is 5.89. The standard InChI is InChI=1S/C16H22BrNO2/c1-4-5-6-8-20-16-13(2)10-15(17)11-14(16)12-18-7-9-19-3/h10-11,18H,6-9,12H2,1-3H3. The van der Waals surface area contributed by atoms with Crippen LogP contribution < -0.4 is 10.1 Å². The first-order chi connectivity index (χ1) is 9.69. The van der Waals surface area contributed by atoms with E-state index in [4.69, 9.17) is 9.47 Å². The molecular formula is C16H22BrNO2. The van der Waals surface area contributed by atoms with E-state index in [1.807, 2.05) is 6.92 Å². The van der Waals surface area contributed by atoms with Crippen LogP contribution in [0.1, 0.15) is 24.5 Å². The molecule has 0 aliphatic carbocycles. The second-order valence-corrected chi connectivity index (χ2v) is 5.32. The van der Waals surface area contributed by atoms with Crippen molar-refractivity contribution in [3.05, 3.63) is 27.7 Å². The summed E-state index contributed by atoms with van der Waals surface area (Å²) in [7, 11) is 1.70. The van der Waals surface area contributed by atoms with Crippen molar-refractivity contribution in [2.45, 2.75) is 26.8 Å². The number of rotatable bonds is 8. The smallest absolute Gasteiger partial charge is 0.126 e. The maximum Gasteiger partial charge on any atom is 0.126 e. The average molecular weight is 340 g/mol. The van der Waals surface area contributed by atoms with Gasteiger partial charge in [-0.2, -0.15) is 0 Å². The van der Waals surface area contributed by atoms with Crippen LogP contribution in [0, 0.1) is 18.8 Å². The van der Waals surface area contributed by atoms with Crippen molar-refractivity contribution in [3.8, 4) is 17.6 Å². The summed E-state index contributed by atoms with van der Waals surface area (Å²) in [6, 6.07) is 4.16. The molecule has 0 atom stereocenters. The Bertz CT molecular complexity index is 477. The van der Waals surface area contributed by atoms with Gasteiger partial charge < -0.3 is 14.8 Å². The number of hydrogen-bond acceptors (Lipinski definition) is 3. The van der Waals surface area contributed by atoms with Crippen molar-refractivity contribution in [3.63, 3.8) is 0 Å². The van der Waals surface area contributed by atoms with Gasteiger partial charge in [-0.15, -0.1) is 11.8 Å². The molecule has 0 radical (unpaired) electrons. The Morgan fingerprint density at radius 3 is 2.80 bits per heavy atom. The van der Waals surface area contributed by atoms with Crippen molar-refractivity contribution in [2.75, 3.05) is 26.9 Å². The summed E-state index contributed by atoms with van der Waals surface area (Å²) in [5.41, 5.74) is 2.28. The lowest BCUT2D eigenvalue weighted by atomic mass is 10.1. The molecule has 1 rings (SSSR count). The highest BCUT2D eigenvalue weighted by Crippen LogP contribution is 2.28. The minimum Gasteiger partial charge on any atom is -0.492 e. The van der Waals surface area contributed by atoms with Crippen LogP contribution in [0.3, 0.4) is 0 Å². The molecule has 0 aliphatic heterocycles. The fourth-order valence-corrected chi connectivity index (χ4v) is 2.48. The van der Waals surface area contributed by atoms with E-state index >= 15 is 0 Å². The molecule has 0 spiro atoms. The summed E-state index contributed by atoms with van der Waals surface area (Å²) < 4.78 is 12.0. The van der Waals surface area contributed by atoms with Gasteiger partial charge in [-0.1, -0.05) is 15.9 Å². The molecule has 0 aromatic heterocycles. The largest absolute Gasteiger partial charge is 0.492 e. The molecule has 0 unspecified atom stereocenters. The predicted molar refractivity (Wildman–Crippen MR) is 86.0 cm³/mol. The zero-order valence-corrected chi connectivity index (χ0v) is 14.0. The van der Waals surface area contributed by atoms with Crippen molar-refractivity contribution in [1.29, 1.82) is 0 Å². The number of ether oxygens (including phenoxy) is 2. The normalized spacial score (nSPS) is 10.0. The predicted octanol–water partition coefficient (Wildman–Crippen LogP) is 3.29. The van der Waals surface area contributed by atoms with E-state index in [1.165, 1.54) is 0 Å². The minimum absolute atomic E-state index is 0.619. The second kappa shape index (κ2) is 9.82. The summed E-state index contributed by atoms with van der Waals surface area (Å²) >= 11 is 3.53. The highest BCUT2D eigenvalue weighted by molar-refractivity contribution is 9.10. The van der Waals surface area contributed by atoms with E-state index in [2.05, 4.69) is 52.1 Å². The quantitative estimate of drug-likeness (QED) is 0.582. The number of hydrogen-bond donors (Lipinski definition) is 1. The van der Waals surface area contributed by atoms with Crippen LogP contribution >= 0.6 is 15.9 Å². The molecule has 1 aromatic rings. The zero-order valence-electron chi connectivity index (χ0n) is 12.4. The summed E-state index contributed by atoms with van der Waals surface area (Å²) in [6.45, 7) is 6.81. The number of benzene rings is 1. The molecule has 1 N–H and O–H groups in total. The first-order valence-electron chi connectivity index (χ1n) is 6.70. The Morgan fingerprint density at radius 2 is 2.10 bits per heavy atom. The van der Waals surface area contributed by atoms with E-state index in [0.717, 1.165) is 40.9 Å². The van der Waals surface area contributed by atoms with Crippen LogP contribution in [0.4, 0.5) is 0 Å². The lowest BCUT2D eigenvalue weighted by Gasteiger charge is -2.15. The zero-order chi connectivity index (χ0) is 14.8. The molecule has 0 saturated carbocycles. The van der Waals surface area contributed by atoms with E-state index in [1.54, 1.807) is 7.11 Å². The number of methoxy groups -OCH3 is 1. The lowest BCUT2D eigenvalue weighted by Crippen LogP contribution is -2.19. The molecule has 110 valence electrons. The Labute approximate surface area is 130 Å². The fourth-order valence-electron chi connectivity index (χ4n) is 1.86. The highest BCUT2D eigenvalue weighted by atomic mass is 79.9. The second-order valence-electron chi connectivity index (χ2n) is 4.41.